The van der Waals surface area contributed by atoms with Gasteiger partial charge in [0.2, 0.25) is 5.91 Å². The van der Waals surface area contributed by atoms with Crippen molar-refractivity contribution in [2.45, 2.75) is 19.3 Å². The Morgan fingerprint density at radius 1 is 1.41 bits per heavy atom. The lowest BCUT2D eigenvalue weighted by molar-refractivity contribution is -0.120. The van der Waals surface area contributed by atoms with Crippen LogP contribution in [0.2, 0.25) is 5.02 Å². The van der Waals surface area contributed by atoms with Crippen LogP contribution >= 0.6 is 11.6 Å². The number of benzene rings is 1. The zero-order chi connectivity index (χ0) is 12.3. The predicted molar refractivity (Wildman–Crippen MR) is 66.5 cm³/mol. The molecule has 17 heavy (non-hydrogen) atoms. The highest BCUT2D eigenvalue weighted by Gasteiger charge is 2.19. The van der Waals surface area contributed by atoms with Crippen molar-refractivity contribution in [2.24, 2.45) is 5.92 Å². The zero-order valence-corrected chi connectivity index (χ0v) is 10.0. The van der Waals surface area contributed by atoms with Gasteiger partial charge in [0, 0.05) is 10.9 Å². The van der Waals surface area contributed by atoms with E-state index in [-0.39, 0.29) is 17.5 Å². The third kappa shape index (κ3) is 3.07. The summed E-state index contributed by atoms with van der Waals surface area (Å²) in [7, 11) is 0. The maximum absolute atomic E-state index is 13.5. The van der Waals surface area contributed by atoms with Crippen LogP contribution in [0, 0.1) is 11.7 Å². The van der Waals surface area contributed by atoms with Crippen molar-refractivity contribution in [2.75, 3.05) is 5.32 Å². The van der Waals surface area contributed by atoms with Crippen LogP contribution in [0.3, 0.4) is 0 Å². The summed E-state index contributed by atoms with van der Waals surface area (Å²) in [5.74, 6) is -0.692. The number of amides is 1. The lowest BCUT2D eigenvalue weighted by atomic mass is 9.93. The lowest BCUT2D eigenvalue weighted by Crippen LogP contribution is -2.23. The van der Waals surface area contributed by atoms with Crippen molar-refractivity contribution in [1.82, 2.24) is 0 Å². The Morgan fingerprint density at radius 2 is 2.24 bits per heavy atom. The first kappa shape index (κ1) is 12.1. The van der Waals surface area contributed by atoms with Gasteiger partial charge in [0.15, 0.2) is 0 Å². The summed E-state index contributed by atoms with van der Waals surface area (Å²) in [5, 5.41) is 2.92. The van der Waals surface area contributed by atoms with Crippen LogP contribution in [0.4, 0.5) is 10.1 Å². The van der Waals surface area contributed by atoms with Gasteiger partial charge in [0.05, 0.1) is 5.69 Å². The molecule has 0 radical (unpaired) electrons. The SMILES string of the molecule is O=C(Nc1ccc(Cl)cc1F)[C@H]1CC=CCC1. The van der Waals surface area contributed by atoms with Gasteiger partial charge >= 0.3 is 0 Å². The van der Waals surface area contributed by atoms with E-state index >= 15 is 0 Å². The molecule has 1 amide bonds. The van der Waals surface area contributed by atoms with Crippen LogP contribution < -0.4 is 5.32 Å². The van der Waals surface area contributed by atoms with E-state index in [1.165, 1.54) is 12.1 Å². The molecule has 90 valence electrons. The van der Waals surface area contributed by atoms with Crippen molar-refractivity contribution >= 4 is 23.2 Å². The first-order valence-corrected chi connectivity index (χ1v) is 5.95. The second-order valence-electron chi connectivity index (χ2n) is 4.09. The topological polar surface area (TPSA) is 29.1 Å². The molecule has 0 spiro atoms. The second kappa shape index (κ2) is 5.32. The molecule has 1 aromatic rings. The number of hydrogen-bond acceptors (Lipinski definition) is 1. The van der Waals surface area contributed by atoms with Gasteiger partial charge in [0.1, 0.15) is 5.82 Å². The van der Waals surface area contributed by atoms with Crippen LogP contribution in [0.5, 0.6) is 0 Å². The normalized spacial score (nSPS) is 19.1. The molecule has 0 saturated carbocycles. The molecule has 0 aliphatic heterocycles. The molecule has 4 heteroatoms. The van der Waals surface area contributed by atoms with E-state index in [0.29, 0.717) is 5.02 Å². The quantitative estimate of drug-likeness (QED) is 0.799. The molecule has 0 bridgehead atoms. The first-order chi connectivity index (χ1) is 8.16. The third-order valence-electron chi connectivity index (χ3n) is 2.83. The predicted octanol–water partition coefficient (Wildman–Crippen LogP) is 3.77. The molecule has 0 saturated heterocycles. The Bertz CT molecular complexity index is 459. The summed E-state index contributed by atoms with van der Waals surface area (Å²) in [6.07, 6.45) is 6.50. The van der Waals surface area contributed by atoms with E-state index in [1.807, 2.05) is 6.08 Å². The number of carbonyl (C=O) groups excluding carboxylic acids is 1. The number of nitrogens with one attached hydrogen (secondary N) is 1. The van der Waals surface area contributed by atoms with Crippen LogP contribution in [-0.4, -0.2) is 5.91 Å². The molecule has 2 rings (SSSR count). The fourth-order valence-electron chi connectivity index (χ4n) is 1.86. The van der Waals surface area contributed by atoms with Gasteiger partial charge < -0.3 is 5.32 Å². The standard InChI is InChI=1S/C13H13ClFNO/c14-10-6-7-12(11(15)8-10)16-13(17)9-4-2-1-3-5-9/h1-2,6-9H,3-5H2,(H,16,17)/t9-/m0/s1. The minimum absolute atomic E-state index is 0.0601. The van der Waals surface area contributed by atoms with E-state index in [2.05, 4.69) is 11.4 Å². The fraction of sp³-hybridized carbons (Fsp3) is 0.308. The zero-order valence-electron chi connectivity index (χ0n) is 9.25. The monoisotopic (exact) mass is 253 g/mol. The van der Waals surface area contributed by atoms with Gasteiger partial charge in [-0.3, -0.25) is 4.79 Å². The molecular weight excluding hydrogens is 241 g/mol. The summed E-state index contributed by atoms with van der Waals surface area (Å²) in [5.41, 5.74) is 0.189. The summed E-state index contributed by atoms with van der Waals surface area (Å²) >= 11 is 5.64. The van der Waals surface area contributed by atoms with Crippen molar-refractivity contribution in [1.29, 1.82) is 0 Å². The van der Waals surface area contributed by atoms with E-state index in [9.17, 15) is 9.18 Å². The molecule has 1 aliphatic rings. The van der Waals surface area contributed by atoms with Gasteiger partial charge in [-0.2, -0.15) is 0 Å². The molecule has 0 fully saturated rings. The third-order valence-corrected chi connectivity index (χ3v) is 3.06. The molecule has 0 aromatic heterocycles. The Morgan fingerprint density at radius 3 is 2.88 bits per heavy atom. The Hall–Kier alpha value is -1.35. The van der Waals surface area contributed by atoms with E-state index < -0.39 is 5.82 Å². The Kier molecular flexibility index (Phi) is 3.79. The molecule has 0 heterocycles. The van der Waals surface area contributed by atoms with E-state index in [0.717, 1.165) is 19.3 Å². The lowest BCUT2D eigenvalue weighted by Gasteiger charge is -2.17. The van der Waals surface area contributed by atoms with Gasteiger partial charge in [0.25, 0.3) is 0 Å². The number of allylic oxidation sites excluding steroid dienone is 2. The Balaban J connectivity index is 2.05. The molecular formula is C13H13ClFNO. The maximum atomic E-state index is 13.5. The van der Waals surface area contributed by atoms with E-state index in [1.54, 1.807) is 6.07 Å². The number of carbonyl (C=O) groups is 1. The fourth-order valence-corrected chi connectivity index (χ4v) is 2.02. The summed E-state index contributed by atoms with van der Waals surface area (Å²) in [6, 6.07) is 4.23. The summed E-state index contributed by atoms with van der Waals surface area (Å²) < 4.78 is 13.5. The average Bonchev–Trinajstić information content (AvgIpc) is 2.34. The number of rotatable bonds is 2. The van der Waals surface area contributed by atoms with Crippen molar-refractivity contribution in [3.63, 3.8) is 0 Å². The van der Waals surface area contributed by atoms with Crippen LogP contribution in [-0.2, 0) is 4.79 Å². The molecule has 1 atom stereocenters. The number of hydrogen-bond donors (Lipinski definition) is 1. The minimum Gasteiger partial charge on any atom is -0.323 e. The van der Waals surface area contributed by atoms with E-state index in [4.69, 9.17) is 11.6 Å². The number of halogens is 2. The summed E-state index contributed by atoms with van der Waals surface area (Å²) in [4.78, 5) is 11.9. The van der Waals surface area contributed by atoms with Crippen molar-refractivity contribution in [3.05, 3.63) is 41.2 Å². The van der Waals surface area contributed by atoms with Crippen LogP contribution in [0.15, 0.2) is 30.4 Å². The molecule has 2 nitrogen and oxygen atoms in total. The molecule has 0 unspecified atom stereocenters. The highest BCUT2D eigenvalue weighted by atomic mass is 35.5. The smallest absolute Gasteiger partial charge is 0.227 e. The number of anilines is 1. The minimum atomic E-state index is -0.503. The Labute approximate surface area is 104 Å². The van der Waals surface area contributed by atoms with Crippen molar-refractivity contribution in [3.8, 4) is 0 Å². The molecule has 1 N–H and O–H groups in total. The highest BCUT2D eigenvalue weighted by Crippen LogP contribution is 2.23. The maximum Gasteiger partial charge on any atom is 0.227 e. The second-order valence-corrected chi connectivity index (χ2v) is 4.53. The first-order valence-electron chi connectivity index (χ1n) is 5.58. The van der Waals surface area contributed by atoms with Crippen LogP contribution in [0.1, 0.15) is 19.3 Å². The van der Waals surface area contributed by atoms with Gasteiger partial charge in [-0.1, -0.05) is 23.8 Å². The summed E-state index contributed by atoms with van der Waals surface area (Å²) in [6.45, 7) is 0. The molecule has 1 aromatic carbocycles. The van der Waals surface area contributed by atoms with Crippen LogP contribution in [0.25, 0.3) is 0 Å². The molecule has 1 aliphatic carbocycles. The van der Waals surface area contributed by atoms with Gasteiger partial charge in [-0.05, 0) is 37.5 Å². The highest BCUT2D eigenvalue weighted by molar-refractivity contribution is 6.30. The van der Waals surface area contributed by atoms with Gasteiger partial charge in [-0.25, -0.2) is 4.39 Å². The largest absolute Gasteiger partial charge is 0.323 e. The average molecular weight is 254 g/mol. The van der Waals surface area contributed by atoms with Crippen molar-refractivity contribution < 1.29 is 9.18 Å². The van der Waals surface area contributed by atoms with Gasteiger partial charge in [-0.15, -0.1) is 0 Å².